The van der Waals surface area contributed by atoms with Crippen molar-refractivity contribution in [1.82, 2.24) is 5.32 Å². The molecule has 0 aliphatic heterocycles. The highest BCUT2D eigenvalue weighted by molar-refractivity contribution is 6.42. The minimum Gasteiger partial charge on any atom is -0.467 e. The van der Waals surface area contributed by atoms with Gasteiger partial charge in [0.2, 0.25) is 5.91 Å². The Morgan fingerprint density at radius 2 is 1.83 bits per heavy atom. The quantitative estimate of drug-likeness (QED) is 0.730. The van der Waals surface area contributed by atoms with Crippen molar-refractivity contribution in [3.63, 3.8) is 0 Å². The highest BCUT2D eigenvalue weighted by atomic mass is 35.5. The third-order valence-electron chi connectivity index (χ3n) is 3.21. The number of hydrogen-bond donors (Lipinski definition) is 2. The molecule has 0 saturated carbocycles. The molecule has 1 amide bonds. The maximum Gasteiger partial charge on any atom is 0.328 e. The second kappa shape index (κ2) is 8.99. The fourth-order valence-corrected chi connectivity index (χ4v) is 2.32. The van der Waals surface area contributed by atoms with Crippen LogP contribution in [0.25, 0.3) is 0 Å². The largest absolute Gasteiger partial charge is 0.467 e. The molecule has 1 aromatic carbocycles. The van der Waals surface area contributed by atoms with Crippen LogP contribution in [-0.4, -0.2) is 31.1 Å². The number of rotatable bonds is 7. The molecule has 1 aromatic rings. The maximum absolute atomic E-state index is 12.3. The van der Waals surface area contributed by atoms with Gasteiger partial charge in [0.1, 0.15) is 12.1 Å². The van der Waals surface area contributed by atoms with Crippen molar-refractivity contribution in [2.75, 3.05) is 12.4 Å². The molecule has 0 aliphatic carbocycles. The molecule has 0 aromatic heterocycles. The number of hydrogen-bond acceptors (Lipinski definition) is 4. The highest BCUT2D eigenvalue weighted by Crippen LogP contribution is 2.25. The van der Waals surface area contributed by atoms with Crippen molar-refractivity contribution < 1.29 is 14.3 Å². The van der Waals surface area contributed by atoms with E-state index in [1.54, 1.807) is 25.1 Å². The fourth-order valence-electron chi connectivity index (χ4n) is 2.03. The smallest absolute Gasteiger partial charge is 0.328 e. The van der Waals surface area contributed by atoms with Crippen molar-refractivity contribution in [1.29, 1.82) is 0 Å². The SMILES string of the molecule is COC(=O)[C@H](CC(C)C)NC(=O)[C@H](C)Nc1ccc(Cl)c(Cl)c1. The molecule has 0 unspecified atom stereocenters. The van der Waals surface area contributed by atoms with E-state index in [1.165, 1.54) is 7.11 Å². The van der Waals surface area contributed by atoms with Gasteiger partial charge in [-0.15, -0.1) is 0 Å². The molecule has 2 N–H and O–H groups in total. The molecule has 128 valence electrons. The van der Waals surface area contributed by atoms with Gasteiger partial charge in [0.25, 0.3) is 0 Å². The Labute approximate surface area is 146 Å². The van der Waals surface area contributed by atoms with Crippen LogP contribution in [0.4, 0.5) is 5.69 Å². The van der Waals surface area contributed by atoms with Crippen LogP contribution in [-0.2, 0) is 14.3 Å². The number of methoxy groups -OCH3 is 1. The second-order valence-electron chi connectivity index (χ2n) is 5.71. The molecular formula is C16H22Cl2N2O3. The van der Waals surface area contributed by atoms with Crippen LogP contribution in [0.5, 0.6) is 0 Å². The van der Waals surface area contributed by atoms with Crippen LogP contribution < -0.4 is 10.6 Å². The summed E-state index contributed by atoms with van der Waals surface area (Å²) < 4.78 is 4.73. The summed E-state index contributed by atoms with van der Waals surface area (Å²) in [5.74, 6) is -0.501. The van der Waals surface area contributed by atoms with Crippen molar-refractivity contribution in [3.05, 3.63) is 28.2 Å². The number of ether oxygens (including phenoxy) is 1. The van der Waals surface area contributed by atoms with Crippen LogP contribution in [0.1, 0.15) is 27.2 Å². The number of esters is 1. The van der Waals surface area contributed by atoms with Gasteiger partial charge in [0.15, 0.2) is 0 Å². The summed E-state index contributed by atoms with van der Waals surface area (Å²) in [7, 11) is 1.30. The van der Waals surface area contributed by atoms with E-state index in [4.69, 9.17) is 27.9 Å². The topological polar surface area (TPSA) is 67.4 Å². The van der Waals surface area contributed by atoms with Gasteiger partial charge in [0, 0.05) is 5.69 Å². The van der Waals surface area contributed by atoms with E-state index in [-0.39, 0.29) is 11.8 Å². The second-order valence-corrected chi connectivity index (χ2v) is 6.52. The zero-order valence-electron chi connectivity index (χ0n) is 13.7. The number of amides is 1. The minimum absolute atomic E-state index is 0.248. The Hall–Kier alpha value is -1.46. The van der Waals surface area contributed by atoms with Crippen LogP contribution in [0.2, 0.25) is 10.0 Å². The van der Waals surface area contributed by atoms with Gasteiger partial charge in [-0.25, -0.2) is 4.79 Å². The standard InChI is InChI=1S/C16H22Cl2N2O3/c1-9(2)7-14(16(22)23-4)20-15(21)10(3)19-11-5-6-12(17)13(18)8-11/h5-6,8-10,14,19H,7H2,1-4H3,(H,20,21)/t10-,14-/m0/s1. The molecule has 7 heteroatoms. The van der Waals surface area contributed by atoms with E-state index in [0.717, 1.165) is 0 Å². The summed E-state index contributed by atoms with van der Waals surface area (Å²) in [5.41, 5.74) is 0.667. The van der Waals surface area contributed by atoms with Crippen LogP contribution in [0.15, 0.2) is 18.2 Å². The molecule has 23 heavy (non-hydrogen) atoms. The molecule has 0 fully saturated rings. The molecular weight excluding hydrogens is 339 g/mol. The van der Waals surface area contributed by atoms with Gasteiger partial charge in [-0.2, -0.15) is 0 Å². The summed E-state index contributed by atoms with van der Waals surface area (Å²) in [6.07, 6.45) is 0.512. The Bertz CT molecular complexity index is 564. The number of benzene rings is 1. The van der Waals surface area contributed by atoms with Gasteiger partial charge in [-0.05, 0) is 37.5 Å². The van der Waals surface area contributed by atoms with Gasteiger partial charge in [0.05, 0.1) is 17.2 Å². The molecule has 0 radical (unpaired) electrons. The summed E-state index contributed by atoms with van der Waals surface area (Å²) in [6.45, 7) is 5.64. The number of carbonyl (C=O) groups is 2. The average Bonchev–Trinajstić information content (AvgIpc) is 2.48. The Morgan fingerprint density at radius 1 is 1.17 bits per heavy atom. The summed E-state index contributed by atoms with van der Waals surface area (Å²) in [5, 5.41) is 6.57. The van der Waals surface area contributed by atoms with E-state index >= 15 is 0 Å². The summed E-state index contributed by atoms with van der Waals surface area (Å²) in [6, 6.07) is 3.80. The van der Waals surface area contributed by atoms with Crippen LogP contribution in [0, 0.1) is 5.92 Å². The highest BCUT2D eigenvalue weighted by Gasteiger charge is 2.24. The predicted octanol–water partition coefficient (Wildman–Crippen LogP) is 3.50. The Kier molecular flexibility index (Phi) is 7.65. The van der Waals surface area contributed by atoms with Gasteiger partial charge in [-0.1, -0.05) is 37.0 Å². The maximum atomic E-state index is 12.3. The molecule has 5 nitrogen and oxygen atoms in total. The van der Waals surface area contributed by atoms with Gasteiger partial charge >= 0.3 is 5.97 Å². The monoisotopic (exact) mass is 360 g/mol. The van der Waals surface area contributed by atoms with E-state index in [1.807, 2.05) is 13.8 Å². The van der Waals surface area contributed by atoms with E-state index in [2.05, 4.69) is 10.6 Å². The molecule has 1 rings (SSSR count). The summed E-state index contributed by atoms with van der Waals surface area (Å²) in [4.78, 5) is 24.0. The lowest BCUT2D eigenvalue weighted by Crippen LogP contribution is -2.47. The van der Waals surface area contributed by atoms with E-state index < -0.39 is 18.1 Å². The van der Waals surface area contributed by atoms with Crippen molar-refractivity contribution in [2.45, 2.75) is 39.3 Å². The molecule has 0 saturated heterocycles. The number of halogens is 2. The molecule has 0 spiro atoms. The van der Waals surface area contributed by atoms with Crippen molar-refractivity contribution in [3.8, 4) is 0 Å². The van der Waals surface area contributed by atoms with Crippen molar-refractivity contribution in [2.24, 2.45) is 5.92 Å². The van der Waals surface area contributed by atoms with Crippen LogP contribution >= 0.6 is 23.2 Å². The normalized spacial score (nSPS) is 13.3. The third-order valence-corrected chi connectivity index (χ3v) is 3.94. The Balaban J connectivity index is 2.70. The molecule has 0 aliphatic rings. The molecule has 0 heterocycles. The number of nitrogens with one attached hydrogen (secondary N) is 2. The van der Waals surface area contributed by atoms with E-state index in [0.29, 0.717) is 22.2 Å². The Morgan fingerprint density at radius 3 is 2.35 bits per heavy atom. The molecule has 0 bridgehead atoms. The minimum atomic E-state index is -0.662. The zero-order valence-corrected chi connectivity index (χ0v) is 15.2. The first-order chi connectivity index (χ1) is 10.7. The first-order valence-corrected chi connectivity index (χ1v) is 8.10. The van der Waals surface area contributed by atoms with Gasteiger partial charge in [-0.3, -0.25) is 4.79 Å². The third kappa shape index (κ3) is 6.28. The fraction of sp³-hybridized carbons (Fsp3) is 0.500. The number of anilines is 1. The first-order valence-electron chi connectivity index (χ1n) is 7.34. The lowest BCUT2D eigenvalue weighted by atomic mass is 10.0. The van der Waals surface area contributed by atoms with E-state index in [9.17, 15) is 9.59 Å². The zero-order chi connectivity index (χ0) is 17.6. The van der Waals surface area contributed by atoms with Gasteiger partial charge < -0.3 is 15.4 Å². The first kappa shape index (κ1) is 19.6. The lowest BCUT2D eigenvalue weighted by molar-refractivity contribution is -0.145. The molecule has 2 atom stereocenters. The number of carbonyl (C=O) groups excluding carboxylic acids is 2. The van der Waals surface area contributed by atoms with Crippen LogP contribution in [0.3, 0.4) is 0 Å². The predicted molar refractivity (Wildman–Crippen MR) is 92.9 cm³/mol. The summed E-state index contributed by atoms with van der Waals surface area (Å²) >= 11 is 11.8. The lowest BCUT2D eigenvalue weighted by Gasteiger charge is -2.21. The van der Waals surface area contributed by atoms with Crippen molar-refractivity contribution >= 4 is 40.8 Å². The average molecular weight is 361 g/mol.